The molecule has 0 heterocycles. The molecule has 0 saturated heterocycles. The molecule has 0 fully saturated rings. The Morgan fingerprint density at radius 1 is 0.552 bits per heavy atom. The molecule has 0 atom stereocenters. The van der Waals surface area contributed by atoms with Gasteiger partial charge in [-0.2, -0.15) is 0 Å². The highest BCUT2D eigenvalue weighted by molar-refractivity contribution is 5.95. The molecule has 0 aliphatic carbocycles. The van der Waals surface area contributed by atoms with E-state index in [4.69, 9.17) is 29.9 Å². The van der Waals surface area contributed by atoms with Gasteiger partial charge in [-0.15, -0.1) is 0 Å². The molecule has 2 aromatic carbocycles. The van der Waals surface area contributed by atoms with Gasteiger partial charge < -0.3 is 35.4 Å². The Kier molecular flexibility index (Phi) is 7.67. The molecule has 0 aliphatic heterocycles. The minimum absolute atomic E-state index is 0. The first-order chi connectivity index (χ1) is 13.2. The van der Waals surface area contributed by atoms with Gasteiger partial charge in [0.25, 0.3) is 0 Å². The van der Waals surface area contributed by atoms with Crippen LogP contribution in [0, 0.1) is 0 Å². The second-order valence-corrected chi connectivity index (χ2v) is 5.41. The lowest BCUT2D eigenvalue weighted by Crippen LogP contribution is -2.11. The largest absolute Gasteiger partial charge is 0.490 e. The highest BCUT2D eigenvalue weighted by atomic mass is 16.5. The molecule has 11 nitrogen and oxygen atoms in total. The third-order valence-corrected chi connectivity index (χ3v) is 3.42. The van der Waals surface area contributed by atoms with Crippen LogP contribution in [0.15, 0.2) is 36.4 Å². The molecule has 0 aliphatic rings. The van der Waals surface area contributed by atoms with Crippen LogP contribution in [0.3, 0.4) is 0 Å². The highest BCUT2D eigenvalue weighted by Crippen LogP contribution is 2.20. The Hall–Kier alpha value is -4.12. The van der Waals surface area contributed by atoms with Gasteiger partial charge in [-0.3, -0.25) is 0 Å². The number of carboxylic acid groups (broad SMARTS) is 4. The summed E-state index contributed by atoms with van der Waals surface area (Å²) in [6.07, 6.45) is 0. The van der Waals surface area contributed by atoms with Crippen molar-refractivity contribution in [2.75, 3.05) is 13.2 Å². The summed E-state index contributed by atoms with van der Waals surface area (Å²) in [5, 5.41) is 36.0. The van der Waals surface area contributed by atoms with E-state index in [1.54, 1.807) is 0 Å². The van der Waals surface area contributed by atoms with Crippen molar-refractivity contribution in [2.45, 2.75) is 0 Å². The number of carbonyl (C=O) groups is 4. The maximum absolute atomic E-state index is 11.0. The third kappa shape index (κ3) is 6.22. The molecule has 154 valence electrons. The molecule has 0 saturated carbocycles. The highest BCUT2D eigenvalue weighted by Gasteiger charge is 2.14. The monoisotopic (exact) mass is 408 g/mol. The summed E-state index contributed by atoms with van der Waals surface area (Å²) in [5.74, 6) is -5.31. The van der Waals surface area contributed by atoms with E-state index in [-0.39, 0.29) is 52.4 Å². The zero-order chi connectivity index (χ0) is 20.8. The molecule has 0 aromatic heterocycles. The van der Waals surface area contributed by atoms with E-state index in [0.29, 0.717) is 0 Å². The van der Waals surface area contributed by atoms with Gasteiger partial charge in [0.15, 0.2) is 0 Å². The first-order valence-corrected chi connectivity index (χ1v) is 7.66. The zero-order valence-corrected chi connectivity index (χ0v) is 14.6. The fraction of sp³-hybridized carbons (Fsp3) is 0.111. The fourth-order valence-corrected chi connectivity index (χ4v) is 2.18. The molecule has 0 radical (unpaired) electrons. The van der Waals surface area contributed by atoms with E-state index in [9.17, 15) is 19.2 Å². The number of hydrogen-bond acceptors (Lipinski definition) is 6. The van der Waals surface area contributed by atoms with Gasteiger partial charge in [-0.05, 0) is 36.4 Å². The smallest absolute Gasteiger partial charge is 0.335 e. The quantitative estimate of drug-likeness (QED) is 0.436. The Morgan fingerprint density at radius 3 is 1.00 bits per heavy atom. The van der Waals surface area contributed by atoms with Crippen LogP contribution < -0.4 is 9.47 Å². The van der Waals surface area contributed by atoms with Gasteiger partial charge >= 0.3 is 23.9 Å². The van der Waals surface area contributed by atoms with Crippen LogP contribution in [0.2, 0.25) is 0 Å². The number of hydrogen-bond donors (Lipinski definition) is 4. The second-order valence-electron chi connectivity index (χ2n) is 5.41. The van der Waals surface area contributed by atoms with Gasteiger partial charge in [0.05, 0.1) is 22.3 Å². The average molecular weight is 408 g/mol. The first-order valence-electron chi connectivity index (χ1n) is 7.66. The lowest BCUT2D eigenvalue weighted by Gasteiger charge is -2.11. The average Bonchev–Trinajstić information content (AvgIpc) is 2.64. The van der Waals surface area contributed by atoms with Crippen molar-refractivity contribution in [3.63, 3.8) is 0 Å². The number of aromatic carboxylic acids is 4. The molecule has 0 amide bonds. The first kappa shape index (κ1) is 22.9. The van der Waals surface area contributed by atoms with Crippen molar-refractivity contribution < 1.29 is 54.6 Å². The van der Waals surface area contributed by atoms with Crippen LogP contribution in [-0.2, 0) is 0 Å². The summed E-state index contributed by atoms with van der Waals surface area (Å²) < 4.78 is 10.6. The third-order valence-electron chi connectivity index (χ3n) is 3.42. The minimum Gasteiger partial charge on any atom is -0.490 e. The summed E-state index contributed by atoms with van der Waals surface area (Å²) in [4.78, 5) is 44.2. The Labute approximate surface area is 162 Å². The van der Waals surface area contributed by atoms with Crippen molar-refractivity contribution in [3.05, 3.63) is 58.7 Å². The second kappa shape index (κ2) is 9.71. The van der Waals surface area contributed by atoms with E-state index in [1.165, 1.54) is 0 Å². The van der Waals surface area contributed by atoms with Gasteiger partial charge in [-0.25, -0.2) is 19.2 Å². The maximum atomic E-state index is 11.0. The Balaban J connectivity index is 0.00000420. The van der Waals surface area contributed by atoms with Crippen molar-refractivity contribution in [1.82, 2.24) is 0 Å². The Morgan fingerprint density at radius 2 is 0.793 bits per heavy atom. The standard InChI is InChI=1S/C18H14O10.H2O/c19-15(20)9-3-10(16(21)22)6-13(5-9)27-1-2-28-14-7-11(17(23)24)4-12(8-14)18(25)26;/h3-8H,1-2H2,(H,19,20)(H,21,22)(H,23,24)(H,25,26);1H2. The van der Waals surface area contributed by atoms with Crippen LogP contribution in [0.1, 0.15) is 41.4 Å². The SMILES string of the molecule is O.O=C(O)c1cc(OCCOc2cc(C(=O)O)cc(C(=O)O)c2)cc(C(=O)O)c1. The minimum atomic E-state index is -1.32. The van der Waals surface area contributed by atoms with E-state index < -0.39 is 23.9 Å². The predicted octanol–water partition coefficient (Wildman–Crippen LogP) is 1.11. The Bertz CT molecular complexity index is 807. The van der Waals surface area contributed by atoms with Crippen molar-refractivity contribution >= 4 is 23.9 Å². The molecule has 11 heteroatoms. The maximum Gasteiger partial charge on any atom is 0.335 e. The number of benzene rings is 2. The van der Waals surface area contributed by atoms with Crippen LogP contribution >= 0.6 is 0 Å². The van der Waals surface area contributed by atoms with Crippen molar-refractivity contribution in [2.24, 2.45) is 0 Å². The molecule has 0 unspecified atom stereocenters. The van der Waals surface area contributed by atoms with E-state index in [1.807, 2.05) is 0 Å². The topological polar surface area (TPSA) is 199 Å². The molecule has 2 aromatic rings. The van der Waals surface area contributed by atoms with Gasteiger partial charge in [0.2, 0.25) is 0 Å². The lowest BCUT2D eigenvalue weighted by atomic mass is 10.1. The molecular formula is C18H16O11. The van der Waals surface area contributed by atoms with E-state index >= 15 is 0 Å². The van der Waals surface area contributed by atoms with Gasteiger partial charge in [0.1, 0.15) is 24.7 Å². The van der Waals surface area contributed by atoms with E-state index in [0.717, 1.165) is 36.4 Å². The lowest BCUT2D eigenvalue weighted by molar-refractivity contribution is 0.0675. The summed E-state index contributed by atoms with van der Waals surface area (Å²) in [6, 6.07) is 6.53. The number of rotatable bonds is 9. The number of carboxylic acids is 4. The molecule has 0 bridgehead atoms. The molecular weight excluding hydrogens is 392 g/mol. The molecule has 2 rings (SSSR count). The van der Waals surface area contributed by atoms with E-state index in [2.05, 4.69) is 0 Å². The van der Waals surface area contributed by atoms with Crippen LogP contribution in [0.25, 0.3) is 0 Å². The summed E-state index contributed by atoms with van der Waals surface area (Å²) in [5.41, 5.74) is -1.07. The van der Waals surface area contributed by atoms with Gasteiger partial charge in [-0.1, -0.05) is 0 Å². The van der Waals surface area contributed by atoms with Crippen LogP contribution in [0.4, 0.5) is 0 Å². The van der Waals surface area contributed by atoms with Crippen molar-refractivity contribution in [1.29, 1.82) is 0 Å². The summed E-state index contributed by atoms with van der Waals surface area (Å²) >= 11 is 0. The van der Waals surface area contributed by atoms with Crippen LogP contribution in [-0.4, -0.2) is 63.0 Å². The normalized spacial score (nSPS) is 9.79. The summed E-state index contributed by atoms with van der Waals surface area (Å²) in [7, 11) is 0. The molecule has 0 spiro atoms. The van der Waals surface area contributed by atoms with Crippen LogP contribution in [0.5, 0.6) is 11.5 Å². The van der Waals surface area contributed by atoms with Gasteiger partial charge in [0, 0.05) is 0 Å². The van der Waals surface area contributed by atoms with Crippen molar-refractivity contribution in [3.8, 4) is 11.5 Å². The predicted molar refractivity (Wildman–Crippen MR) is 95.3 cm³/mol. The zero-order valence-electron chi connectivity index (χ0n) is 14.6. The summed E-state index contributed by atoms with van der Waals surface area (Å²) in [6.45, 7) is -0.274. The fourth-order valence-electron chi connectivity index (χ4n) is 2.18. The molecule has 29 heavy (non-hydrogen) atoms. The molecule has 6 N–H and O–H groups in total. The number of ether oxygens (including phenoxy) is 2.